The average molecular weight is 329 g/mol. The van der Waals surface area contributed by atoms with Gasteiger partial charge < -0.3 is 19.9 Å². The molecule has 0 spiro atoms. The largest absolute Gasteiger partial charge is 0.497 e. The lowest BCUT2D eigenvalue weighted by atomic mass is 9.91. The first-order valence-corrected chi connectivity index (χ1v) is 8.35. The van der Waals surface area contributed by atoms with E-state index in [0.717, 1.165) is 42.3 Å². The zero-order valence-electron chi connectivity index (χ0n) is 14.7. The fourth-order valence-corrected chi connectivity index (χ4v) is 2.70. The van der Waals surface area contributed by atoms with E-state index in [1.807, 2.05) is 30.3 Å². The summed E-state index contributed by atoms with van der Waals surface area (Å²) in [5.74, 6) is 2.72. The molecule has 130 valence electrons. The highest BCUT2D eigenvalue weighted by Crippen LogP contribution is 2.30. The highest BCUT2D eigenvalue weighted by Gasteiger charge is 2.15. The van der Waals surface area contributed by atoms with Gasteiger partial charge in [0.05, 0.1) is 20.8 Å². The summed E-state index contributed by atoms with van der Waals surface area (Å²) in [6.45, 7) is 3.39. The molecule has 1 unspecified atom stereocenters. The molecule has 0 heterocycles. The number of hydrogen-bond donors (Lipinski definition) is 1. The van der Waals surface area contributed by atoms with Gasteiger partial charge in [0.15, 0.2) is 0 Å². The minimum absolute atomic E-state index is 0.206. The van der Waals surface area contributed by atoms with Crippen LogP contribution in [-0.4, -0.2) is 27.4 Å². The molecule has 2 aromatic carbocycles. The van der Waals surface area contributed by atoms with E-state index in [0.29, 0.717) is 6.54 Å². The lowest BCUT2D eigenvalue weighted by Crippen LogP contribution is -2.15. The molecule has 0 amide bonds. The van der Waals surface area contributed by atoms with Crippen molar-refractivity contribution in [2.75, 3.05) is 27.4 Å². The number of methoxy groups -OCH3 is 2. The lowest BCUT2D eigenvalue weighted by molar-refractivity contribution is 0.317. The second-order valence-corrected chi connectivity index (χ2v) is 5.74. The van der Waals surface area contributed by atoms with Gasteiger partial charge >= 0.3 is 0 Å². The standard InChI is InChI=1S/C20H27NO3/c1-4-10-24-19-7-5-6-15(12-19)17(14-21)11-16-8-9-18(22-2)13-20(16)23-3/h5-9,12-13,17H,4,10-11,14,21H2,1-3H3. The Balaban J connectivity index is 2.20. The third-order valence-corrected chi connectivity index (χ3v) is 4.05. The van der Waals surface area contributed by atoms with E-state index in [1.165, 1.54) is 5.56 Å². The van der Waals surface area contributed by atoms with Crippen molar-refractivity contribution in [2.45, 2.75) is 25.7 Å². The molecular weight excluding hydrogens is 302 g/mol. The number of rotatable bonds is 9. The van der Waals surface area contributed by atoms with Crippen LogP contribution in [0.25, 0.3) is 0 Å². The summed E-state index contributed by atoms with van der Waals surface area (Å²) < 4.78 is 16.5. The number of nitrogens with two attached hydrogens (primary N) is 1. The van der Waals surface area contributed by atoms with Gasteiger partial charge in [-0.3, -0.25) is 0 Å². The molecule has 0 saturated carbocycles. The second kappa shape index (κ2) is 9.18. The van der Waals surface area contributed by atoms with Crippen LogP contribution in [0.15, 0.2) is 42.5 Å². The Morgan fingerprint density at radius 2 is 1.83 bits per heavy atom. The molecule has 0 aliphatic rings. The summed E-state index contributed by atoms with van der Waals surface area (Å²) in [6.07, 6.45) is 1.80. The minimum Gasteiger partial charge on any atom is -0.497 e. The number of hydrogen-bond acceptors (Lipinski definition) is 4. The zero-order valence-corrected chi connectivity index (χ0v) is 14.7. The van der Waals surface area contributed by atoms with Gasteiger partial charge in [-0.15, -0.1) is 0 Å². The van der Waals surface area contributed by atoms with Crippen LogP contribution in [0.2, 0.25) is 0 Å². The topological polar surface area (TPSA) is 53.7 Å². The van der Waals surface area contributed by atoms with Crippen molar-refractivity contribution in [2.24, 2.45) is 5.73 Å². The van der Waals surface area contributed by atoms with Crippen LogP contribution in [0.4, 0.5) is 0 Å². The maximum Gasteiger partial charge on any atom is 0.125 e. The quantitative estimate of drug-likeness (QED) is 0.761. The van der Waals surface area contributed by atoms with Crippen molar-refractivity contribution < 1.29 is 14.2 Å². The fraction of sp³-hybridized carbons (Fsp3) is 0.400. The van der Waals surface area contributed by atoms with E-state index < -0.39 is 0 Å². The van der Waals surface area contributed by atoms with Gasteiger partial charge in [0.2, 0.25) is 0 Å². The van der Waals surface area contributed by atoms with Crippen LogP contribution in [0, 0.1) is 0 Å². The first-order valence-electron chi connectivity index (χ1n) is 8.35. The van der Waals surface area contributed by atoms with Crippen molar-refractivity contribution in [3.63, 3.8) is 0 Å². The van der Waals surface area contributed by atoms with Crippen molar-refractivity contribution >= 4 is 0 Å². The smallest absolute Gasteiger partial charge is 0.125 e. The van der Waals surface area contributed by atoms with Crippen LogP contribution in [0.5, 0.6) is 17.2 Å². The molecule has 0 saturated heterocycles. The molecule has 4 nitrogen and oxygen atoms in total. The molecule has 0 aliphatic heterocycles. The minimum atomic E-state index is 0.206. The van der Waals surface area contributed by atoms with Crippen LogP contribution >= 0.6 is 0 Å². The Kier molecular flexibility index (Phi) is 6.94. The van der Waals surface area contributed by atoms with Gasteiger partial charge in [0.25, 0.3) is 0 Å². The summed E-state index contributed by atoms with van der Waals surface area (Å²) in [7, 11) is 3.33. The summed E-state index contributed by atoms with van der Waals surface area (Å²) in [5, 5.41) is 0. The van der Waals surface area contributed by atoms with Gasteiger partial charge in [-0.1, -0.05) is 25.1 Å². The third-order valence-electron chi connectivity index (χ3n) is 4.05. The first kappa shape index (κ1) is 18.1. The third kappa shape index (κ3) is 4.65. The molecule has 4 heteroatoms. The first-order chi connectivity index (χ1) is 11.7. The predicted molar refractivity (Wildman–Crippen MR) is 97.3 cm³/mol. The van der Waals surface area contributed by atoms with E-state index in [4.69, 9.17) is 19.9 Å². The molecule has 1 atom stereocenters. The van der Waals surface area contributed by atoms with Crippen molar-refractivity contribution in [3.8, 4) is 17.2 Å². The van der Waals surface area contributed by atoms with Gasteiger partial charge in [-0.25, -0.2) is 0 Å². The van der Waals surface area contributed by atoms with Crippen LogP contribution < -0.4 is 19.9 Å². The van der Waals surface area contributed by atoms with Gasteiger partial charge in [-0.2, -0.15) is 0 Å². The van der Waals surface area contributed by atoms with Gasteiger partial charge in [0.1, 0.15) is 17.2 Å². The molecule has 2 rings (SSSR count). The number of ether oxygens (including phenoxy) is 3. The summed E-state index contributed by atoms with van der Waals surface area (Å²) in [6, 6.07) is 14.1. The van der Waals surface area contributed by atoms with Gasteiger partial charge in [-0.05, 0) is 48.7 Å². The summed E-state index contributed by atoms with van der Waals surface area (Å²) in [5.41, 5.74) is 8.35. The molecule has 24 heavy (non-hydrogen) atoms. The van der Waals surface area contributed by atoms with Crippen molar-refractivity contribution in [3.05, 3.63) is 53.6 Å². The van der Waals surface area contributed by atoms with Crippen molar-refractivity contribution in [1.29, 1.82) is 0 Å². The Hall–Kier alpha value is -2.20. The molecule has 0 aromatic heterocycles. The Morgan fingerprint density at radius 3 is 2.50 bits per heavy atom. The molecule has 0 radical (unpaired) electrons. The summed E-state index contributed by atoms with van der Waals surface area (Å²) in [4.78, 5) is 0. The highest BCUT2D eigenvalue weighted by atomic mass is 16.5. The van der Waals surface area contributed by atoms with E-state index in [-0.39, 0.29) is 5.92 Å². The molecule has 0 aliphatic carbocycles. The second-order valence-electron chi connectivity index (χ2n) is 5.74. The normalized spacial score (nSPS) is 11.8. The maximum absolute atomic E-state index is 6.04. The van der Waals surface area contributed by atoms with Crippen LogP contribution in [-0.2, 0) is 6.42 Å². The van der Waals surface area contributed by atoms with Gasteiger partial charge in [0, 0.05) is 12.0 Å². The zero-order chi connectivity index (χ0) is 17.4. The van der Waals surface area contributed by atoms with Crippen LogP contribution in [0.1, 0.15) is 30.4 Å². The Morgan fingerprint density at radius 1 is 1.00 bits per heavy atom. The molecule has 0 fully saturated rings. The van der Waals surface area contributed by atoms with E-state index >= 15 is 0 Å². The Labute approximate surface area is 144 Å². The molecule has 2 aromatic rings. The lowest BCUT2D eigenvalue weighted by Gasteiger charge is -2.18. The molecule has 0 bridgehead atoms. The highest BCUT2D eigenvalue weighted by molar-refractivity contribution is 5.42. The number of benzene rings is 2. The molecular formula is C20H27NO3. The average Bonchev–Trinajstić information content (AvgIpc) is 2.64. The van der Waals surface area contributed by atoms with E-state index in [9.17, 15) is 0 Å². The van der Waals surface area contributed by atoms with E-state index in [1.54, 1.807) is 14.2 Å². The van der Waals surface area contributed by atoms with E-state index in [2.05, 4.69) is 19.1 Å². The molecule has 2 N–H and O–H groups in total. The maximum atomic E-state index is 6.04. The van der Waals surface area contributed by atoms with Crippen molar-refractivity contribution in [1.82, 2.24) is 0 Å². The SMILES string of the molecule is CCCOc1cccc(C(CN)Cc2ccc(OC)cc2OC)c1. The Bertz CT molecular complexity index is 643. The fourth-order valence-electron chi connectivity index (χ4n) is 2.70. The van der Waals surface area contributed by atoms with Crippen LogP contribution in [0.3, 0.4) is 0 Å². The summed E-state index contributed by atoms with van der Waals surface area (Å²) >= 11 is 0. The monoisotopic (exact) mass is 329 g/mol. The predicted octanol–water partition coefficient (Wildman–Crippen LogP) is 3.78.